The third kappa shape index (κ3) is 7.20. The van der Waals surface area contributed by atoms with Gasteiger partial charge in [0.1, 0.15) is 30.6 Å². The fraction of sp³-hybridized carbons (Fsp3) is 0.464. The van der Waals surface area contributed by atoms with Crippen molar-refractivity contribution in [1.82, 2.24) is 15.0 Å². The molecule has 12 nitrogen and oxygen atoms in total. The molecule has 0 aliphatic carbocycles. The van der Waals surface area contributed by atoms with Crippen molar-refractivity contribution in [1.29, 1.82) is 0 Å². The highest BCUT2D eigenvalue weighted by Gasteiger charge is 2.28. The Hall–Kier alpha value is -3.87. The minimum atomic E-state index is -0.993. The molecule has 4 heterocycles. The minimum Gasteiger partial charge on any atom is -0.465 e. The number of nitrogens with zero attached hydrogens (tertiary/aromatic N) is 3. The van der Waals surface area contributed by atoms with Gasteiger partial charge >= 0.3 is 5.97 Å². The third-order valence-corrected chi connectivity index (χ3v) is 6.60. The molecule has 0 spiro atoms. The topological polar surface area (TPSA) is 160 Å². The van der Waals surface area contributed by atoms with E-state index >= 15 is 0 Å². The van der Waals surface area contributed by atoms with Gasteiger partial charge in [0.25, 0.3) is 0 Å². The molecule has 214 valence electrons. The fourth-order valence-electron chi connectivity index (χ4n) is 4.24. The average molecular weight is 556 g/mol. The summed E-state index contributed by atoms with van der Waals surface area (Å²) < 4.78 is 33.1. The summed E-state index contributed by atoms with van der Waals surface area (Å²) in [4.78, 5) is 38.3. The van der Waals surface area contributed by atoms with Crippen molar-refractivity contribution >= 4 is 17.8 Å². The number of allylic oxidation sites excluding steroid dienone is 1. The van der Waals surface area contributed by atoms with E-state index in [9.17, 15) is 14.7 Å². The Morgan fingerprint density at radius 3 is 2.35 bits per heavy atom. The van der Waals surface area contributed by atoms with E-state index in [1.54, 1.807) is 20.1 Å². The summed E-state index contributed by atoms with van der Waals surface area (Å²) in [6.07, 6.45) is 9.17. The van der Waals surface area contributed by atoms with Crippen LogP contribution in [0.15, 0.2) is 50.3 Å². The number of hydrogen-bond acceptors (Lipinski definition) is 12. The van der Waals surface area contributed by atoms with Gasteiger partial charge in [-0.3, -0.25) is 9.59 Å². The van der Waals surface area contributed by atoms with Crippen LogP contribution in [-0.4, -0.2) is 64.8 Å². The lowest BCUT2D eigenvalue weighted by molar-refractivity contribution is -0.148. The molecular weight excluding hydrogens is 522 g/mol. The molecule has 0 amide bonds. The van der Waals surface area contributed by atoms with Crippen LogP contribution in [0, 0.1) is 11.8 Å². The van der Waals surface area contributed by atoms with E-state index in [1.807, 2.05) is 13.0 Å². The van der Waals surface area contributed by atoms with E-state index in [2.05, 4.69) is 15.0 Å². The van der Waals surface area contributed by atoms with Gasteiger partial charge < -0.3 is 32.6 Å². The Bertz CT molecular complexity index is 1340. The lowest BCUT2D eigenvalue weighted by Gasteiger charge is -2.21. The first kappa shape index (κ1) is 29.1. The normalized spacial score (nSPS) is 26.9. The molecule has 4 rings (SSSR count). The molecule has 0 unspecified atom stereocenters. The van der Waals surface area contributed by atoms with Crippen LogP contribution in [0.1, 0.15) is 50.8 Å². The van der Waals surface area contributed by atoms with E-state index in [4.69, 9.17) is 27.5 Å². The second-order valence-electron chi connectivity index (χ2n) is 9.60. The quantitative estimate of drug-likeness (QED) is 0.450. The van der Waals surface area contributed by atoms with Gasteiger partial charge in [-0.15, -0.1) is 0 Å². The summed E-state index contributed by atoms with van der Waals surface area (Å²) in [5.41, 5.74) is 1.13. The van der Waals surface area contributed by atoms with Crippen molar-refractivity contribution in [3.63, 3.8) is 0 Å². The van der Waals surface area contributed by atoms with E-state index in [0.29, 0.717) is 29.4 Å². The molecule has 1 aliphatic rings. The highest BCUT2D eigenvalue weighted by Crippen LogP contribution is 2.30. The summed E-state index contributed by atoms with van der Waals surface area (Å²) in [5.74, 6) is -0.752. The summed E-state index contributed by atoms with van der Waals surface area (Å²) in [7, 11) is 3.06. The Morgan fingerprint density at radius 1 is 0.875 bits per heavy atom. The Labute approximate surface area is 231 Å². The predicted molar refractivity (Wildman–Crippen MR) is 140 cm³/mol. The van der Waals surface area contributed by atoms with Crippen LogP contribution in [-0.2, 0) is 23.8 Å². The molecule has 3 aromatic heterocycles. The first-order valence-electron chi connectivity index (χ1n) is 12.9. The second kappa shape index (κ2) is 13.5. The van der Waals surface area contributed by atoms with Crippen LogP contribution in [0.4, 0.5) is 0 Å². The van der Waals surface area contributed by atoms with Crippen LogP contribution in [0.2, 0.25) is 0 Å². The zero-order chi connectivity index (χ0) is 28.6. The number of carbonyl (C=O) groups is 2. The SMILES string of the molecule is CO[C@H]1C/C=C\c2nc(co2)-c2nc(co2)-c2nc(co2)[C@@H](OC)[C@@H](C)C(=O)/C=C/C[C@H](O)CC(=O)OC[C@@H]1C. The van der Waals surface area contributed by atoms with Gasteiger partial charge in [0, 0.05) is 20.1 Å². The van der Waals surface area contributed by atoms with Gasteiger partial charge in [0.2, 0.25) is 17.7 Å². The number of ether oxygens (including phenoxy) is 3. The molecule has 5 atom stereocenters. The molecule has 0 aromatic carbocycles. The van der Waals surface area contributed by atoms with Crippen molar-refractivity contribution in [2.24, 2.45) is 11.8 Å². The number of aromatic nitrogens is 3. The maximum absolute atomic E-state index is 12.8. The average Bonchev–Trinajstić information content (AvgIpc) is 3.70. The molecule has 0 saturated heterocycles. The summed E-state index contributed by atoms with van der Waals surface area (Å²) in [6, 6.07) is 0. The number of aliphatic hydroxyl groups excluding tert-OH is 1. The number of carbonyl (C=O) groups excluding carboxylic acids is 2. The van der Waals surface area contributed by atoms with Gasteiger partial charge in [-0.25, -0.2) is 15.0 Å². The number of oxazole rings is 3. The van der Waals surface area contributed by atoms with Crippen molar-refractivity contribution in [3.05, 3.63) is 48.6 Å². The number of rotatable bonds is 2. The smallest absolute Gasteiger partial charge is 0.308 e. The Kier molecular flexibility index (Phi) is 9.80. The van der Waals surface area contributed by atoms with E-state index in [1.165, 1.54) is 38.1 Å². The molecular formula is C28H33N3O9. The third-order valence-electron chi connectivity index (χ3n) is 6.60. The molecule has 40 heavy (non-hydrogen) atoms. The molecule has 1 aliphatic heterocycles. The van der Waals surface area contributed by atoms with Gasteiger partial charge in [-0.1, -0.05) is 26.0 Å². The number of hydrogen-bond donors (Lipinski definition) is 1. The van der Waals surface area contributed by atoms with Crippen molar-refractivity contribution < 1.29 is 42.2 Å². The van der Waals surface area contributed by atoms with Crippen molar-refractivity contribution in [2.75, 3.05) is 20.8 Å². The Morgan fingerprint density at radius 2 is 1.57 bits per heavy atom. The molecule has 6 bridgehead atoms. The van der Waals surface area contributed by atoms with Gasteiger partial charge in [-0.2, -0.15) is 0 Å². The second-order valence-corrected chi connectivity index (χ2v) is 9.60. The van der Waals surface area contributed by atoms with Crippen LogP contribution in [0.25, 0.3) is 29.2 Å². The number of aliphatic hydroxyl groups is 1. The van der Waals surface area contributed by atoms with Gasteiger partial charge in [-0.05, 0) is 25.0 Å². The summed E-state index contributed by atoms with van der Waals surface area (Å²) >= 11 is 0. The lowest BCUT2D eigenvalue weighted by Crippen LogP contribution is -2.26. The maximum atomic E-state index is 12.8. The highest BCUT2D eigenvalue weighted by atomic mass is 16.5. The largest absolute Gasteiger partial charge is 0.465 e. The molecule has 0 fully saturated rings. The van der Waals surface area contributed by atoms with Crippen LogP contribution < -0.4 is 0 Å². The maximum Gasteiger partial charge on any atom is 0.308 e. The number of cyclic esters (lactones) is 1. The molecule has 0 saturated carbocycles. The highest BCUT2D eigenvalue weighted by molar-refractivity contribution is 5.92. The van der Waals surface area contributed by atoms with Crippen molar-refractivity contribution in [2.45, 2.75) is 51.4 Å². The Balaban J connectivity index is 1.58. The van der Waals surface area contributed by atoms with Crippen LogP contribution >= 0.6 is 0 Å². The molecule has 12 heteroatoms. The minimum absolute atomic E-state index is 0.108. The van der Waals surface area contributed by atoms with Crippen LogP contribution in [0.5, 0.6) is 0 Å². The van der Waals surface area contributed by atoms with Crippen LogP contribution in [0.3, 0.4) is 0 Å². The summed E-state index contributed by atoms with van der Waals surface area (Å²) in [5, 5.41) is 10.3. The molecule has 0 radical (unpaired) electrons. The number of esters is 1. The van der Waals surface area contributed by atoms with E-state index in [0.717, 1.165) is 0 Å². The van der Waals surface area contributed by atoms with E-state index < -0.39 is 24.1 Å². The monoisotopic (exact) mass is 555 g/mol. The number of ketones is 1. The van der Waals surface area contributed by atoms with Gasteiger partial charge in [0.05, 0.1) is 31.2 Å². The predicted octanol–water partition coefficient (Wildman–Crippen LogP) is 4.19. The standard InChI is InChI=1S/C28H33N3O9/c1-16-12-38-25(34)11-18(32)7-5-8-22(33)17(2)26(36-4)19-13-39-28(30-19)21-15-40-27(31-21)20-14-37-24(29-20)10-6-9-23(16)35-3/h5-6,8,10,13-18,23,26,32H,7,9,11-12H2,1-4H3/b8-5+,10-6-/t16-,17-,18-,23-,26-/m0/s1. The van der Waals surface area contributed by atoms with Crippen molar-refractivity contribution in [3.8, 4) is 23.2 Å². The lowest BCUT2D eigenvalue weighted by atomic mass is 9.96. The molecule has 3 aromatic rings. The zero-order valence-electron chi connectivity index (χ0n) is 22.8. The molecule has 1 N–H and O–H groups in total. The fourth-order valence-corrected chi connectivity index (χ4v) is 4.24. The van der Waals surface area contributed by atoms with Gasteiger partial charge in [0.15, 0.2) is 17.2 Å². The first-order chi connectivity index (χ1) is 19.3. The first-order valence-corrected chi connectivity index (χ1v) is 12.9. The van der Waals surface area contributed by atoms with E-state index in [-0.39, 0.29) is 49.0 Å². The zero-order valence-corrected chi connectivity index (χ0v) is 22.8. The summed E-state index contributed by atoms with van der Waals surface area (Å²) in [6.45, 7) is 3.73. The number of fused-ring (bicyclic) bond motifs is 8. The number of methoxy groups -OCH3 is 2.